The molecule has 1 N–H and O–H groups in total. The average molecular weight is 483 g/mol. The quantitative estimate of drug-likeness (QED) is 0.415. The van der Waals surface area contributed by atoms with Crippen LogP contribution in [0.2, 0.25) is 0 Å². The fourth-order valence-corrected chi connectivity index (χ4v) is 6.31. The summed E-state index contributed by atoms with van der Waals surface area (Å²) in [6.45, 7) is 9.42. The summed E-state index contributed by atoms with van der Waals surface area (Å²) in [5.41, 5.74) is 2.15. The van der Waals surface area contributed by atoms with E-state index < -0.39 is 0 Å². The molecule has 35 heavy (non-hydrogen) atoms. The van der Waals surface area contributed by atoms with E-state index in [0.29, 0.717) is 24.0 Å². The molecule has 0 spiro atoms. The number of halogens is 1. The Morgan fingerprint density at radius 3 is 2.83 bits per heavy atom. The van der Waals surface area contributed by atoms with Gasteiger partial charge in [0.15, 0.2) is 0 Å². The molecule has 0 unspecified atom stereocenters. The number of carbonyl (C=O) groups excluding carboxylic acids is 2. The van der Waals surface area contributed by atoms with Crippen LogP contribution in [0.15, 0.2) is 42.9 Å². The van der Waals surface area contributed by atoms with Gasteiger partial charge in [0.1, 0.15) is 6.10 Å². The maximum atomic E-state index is 13.2. The molecule has 2 aliphatic carbocycles. The molecule has 4 rings (SSSR count). The number of nitrogens with one attached hydrogen (secondary N) is 1. The first-order chi connectivity index (χ1) is 16.8. The molecule has 0 radical (unpaired) electrons. The molecule has 2 saturated carbocycles. The van der Waals surface area contributed by atoms with Crippen LogP contribution in [0, 0.1) is 29.6 Å². The number of allylic oxidation sites excluding steroid dienone is 4. The molecule has 7 heteroatoms. The van der Waals surface area contributed by atoms with Crippen molar-refractivity contribution in [2.24, 2.45) is 29.6 Å². The van der Waals surface area contributed by atoms with Crippen molar-refractivity contribution in [1.29, 1.82) is 0 Å². The molecule has 0 bridgehead atoms. The maximum Gasteiger partial charge on any atom is 0.407 e. The van der Waals surface area contributed by atoms with Crippen molar-refractivity contribution in [3.63, 3.8) is 0 Å². The Bertz CT molecular complexity index is 1010. The molecule has 0 aromatic carbocycles. The number of ether oxygens (including phenoxy) is 2. The number of alkyl carbamates (subject to hydrolysis) is 1. The highest BCUT2D eigenvalue weighted by molar-refractivity contribution is 5.76. The maximum absolute atomic E-state index is 13.2. The van der Waals surface area contributed by atoms with Crippen molar-refractivity contribution >= 4 is 23.7 Å². The number of hydrogen-bond acceptors (Lipinski definition) is 5. The van der Waals surface area contributed by atoms with E-state index in [2.05, 4.69) is 23.0 Å². The van der Waals surface area contributed by atoms with Gasteiger partial charge < -0.3 is 14.8 Å². The molecule has 1 aromatic heterocycles. The lowest BCUT2D eigenvalue weighted by Crippen LogP contribution is -2.48. The fraction of sp³-hybridized carbons (Fsp3) is 0.536. The molecule has 1 amide bonds. The van der Waals surface area contributed by atoms with Gasteiger partial charge in [-0.25, -0.2) is 9.18 Å². The number of amides is 1. The number of aromatic nitrogens is 1. The van der Waals surface area contributed by atoms with Crippen molar-refractivity contribution in [1.82, 2.24) is 10.3 Å². The second-order valence-corrected chi connectivity index (χ2v) is 10.0. The number of rotatable bonds is 6. The van der Waals surface area contributed by atoms with E-state index in [0.717, 1.165) is 36.9 Å². The zero-order valence-corrected chi connectivity index (χ0v) is 20.7. The first kappa shape index (κ1) is 25.1. The van der Waals surface area contributed by atoms with Gasteiger partial charge >= 0.3 is 12.1 Å². The van der Waals surface area contributed by atoms with Crippen molar-refractivity contribution in [3.05, 3.63) is 54.1 Å². The predicted octanol–water partition coefficient (Wildman–Crippen LogP) is 5.71. The number of carbonyl (C=O) groups is 2. The topological polar surface area (TPSA) is 77.5 Å². The van der Waals surface area contributed by atoms with Gasteiger partial charge in [-0.2, -0.15) is 0 Å². The molecule has 188 valence electrons. The SMILES string of the molecule is C=C(/C=C(\C)F)c1ccc(/C=C/[C@@H]2[C@H]3CC[C@H](NC(=O)OCC)C[C@@H]3C[C@@H]3C(=O)O[C@@H](C)[C@H]23)nc1. The number of pyridine rings is 1. The van der Waals surface area contributed by atoms with E-state index in [-0.39, 0.29) is 47.8 Å². The minimum atomic E-state index is -0.371. The number of esters is 1. The average Bonchev–Trinajstić information content (AvgIpc) is 3.09. The Balaban J connectivity index is 1.51. The summed E-state index contributed by atoms with van der Waals surface area (Å²) in [6.07, 6.45) is 10.3. The van der Waals surface area contributed by atoms with Gasteiger partial charge in [0, 0.05) is 18.2 Å². The number of cyclic esters (lactones) is 1. The molecular weight excluding hydrogens is 447 g/mol. The Morgan fingerprint density at radius 2 is 2.14 bits per heavy atom. The van der Waals surface area contributed by atoms with Gasteiger partial charge in [-0.05, 0) is 93.6 Å². The highest BCUT2D eigenvalue weighted by Crippen LogP contribution is 2.53. The zero-order chi connectivity index (χ0) is 25.1. The Hall–Kier alpha value is -2.96. The van der Waals surface area contributed by atoms with Crippen molar-refractivity contribution < 1.29 is 23.5 Å². The first-order valence-electron chi connectivity index (χ1n) is 12.6. The minimum absolute atomic E-state index is 0.0654. The van der Waals surface area contributed by atoms with Gasteiger partial charge in [0.2, 0.25) is 0 Å². The lowest BCUT2D eigenvalue weighted by atomic mass is 9.57. The van der Waals surface area contributed by atoms with Gasteiger partial charge in [0.25, 0.3) is 0 Å². The van der Waals surface area contributed by atoms with Gasteiger partial charge in [-0.15, -0.1) is 0 Å². The minimum Gasteiger partial charge on any atom is -0.462 e. The Kier molecular flexibility index (Phi) is 7.72. The third-order valence-corrected chi connectivity index (χ3v) is 7.77. The number of hydrogen-bond donors (Lipinski definition) is 1. The normalized spacial score (nSPS) is 32.5. The monoisotopic (exact) mass is 482 g/mol. The highest BCUT2D eigenvalue weighted by Gasteiger charge is 2.54. The summed E-state index contributed by atoms with van der Waals surface area (Å²) in [6, 6.07) is 3.85. The lowest BCUT2D eigenvalue weighted by Gasteiger charge is -2.47. The van der Waals surface area contributed by atoms with Crippen LogP contribution in [0.5, 0.6) is 0 Å². The van der Waals surface area contributed by atoms with Crippen LogP contribution in [0.1, 0.15) is 57.7 Å². The largest absolute Gasteiger partial charge is 0.462 e. The summed E-state index contributed by atoms with van der Waals surface area (Å²) in [5, 5.41) is 2.99. The molecule has 7 atom stereocenters. The zero-order valence-electron chi connectivity index (χ0n) is 20.7. The molecule has 1 aromatic rings. The molecule has 3 fully saturated rings. The second kappa shape index (κ2) is 10.8. The predicted molar refractivity (Wildman–Crippen MR) is 133 cm³/mol. The van der Waals surface area contributed by atoms with Crippen LogP contribution >= 0.6 is 0 Å². The third kappa shape index (κ3) is 5.65. The third-order valence-electron chi connectivity index (χ3n) is 7.77. The van der Waals surface area contributed by atoms with E-state index in [1.165, 1.54) is 13.0 Å². The van der Waals surface area contributed by atoms with Crippen LogP contribution in [0.3, 0.4) is 0 Å². The number of nitrogens with zero attached hydrogens (tertiary/aromatic N) is 1. The molecular formula is C28H35FN2O4. The fourth-order valence-electron chi connectivity index (χ4n) is 6.31. The standard InChI is InChI=1S/C28H35FN2O4/c1-5-34-28(33)31-22-9-10-23-20(13-22)14-25-26(18(4)35-27(25)32)24(23)11-8-21-7-6-19(15-30-21)16(2)12-17(3)29/h6-8,11-12,15,18,20,22-26H,2,5,9-10,13-14H2,1,3-4H3,(H,31,33)/b11-8+,17-12+/t18-,20+,22-,23-,24+,25-,26+/m0/s1. The Morgan fingerprint density at radius 1 is 1.34 bits per heavy atom. The van der Waals surface area contributed by atoms with Crippen LogP contribution < -0.4 is 5.32 Å². The molecule has 2 heterocycles. The summed E-state index contributed by atoms with van der Waals surface area (Å²) in [5.74, 6) is 0.576. The summed E-state index contributed by atoms with van der Waals surface area (Å²) in [7, 11) is 0. The molecule has 6 nitrogen and oxygen atoms in total. The molecule has 1 saturated heterocycles. The summed E-state index contributed by atoms with van der Waals surface area (Å²) < 4.78 is 23.9. The van der Waals surface area contributed by atoms with E-state index in [4.69, 9.17) is 9.47 Å². The van der Waals surface area contributed by atoms with Crippen LogP contribution in [0.25, 0.3) is 11.6 Å². The van der Waals surface area contributed by atoms with Crippen molar-refractivity contribution in [2.75, 3.05) is 6.61 Å². The van der Waals surface area contributed by atoms with E-state index in [1.807, 2.05) is 25.1 Å². The lowest BCUT2D eigenvalue weighted by molar-refractivity contribution is -0.144. The molecule has 1 aliphatic heterocycles. The Labute approximate surface area is 206 Å². The van der Waals surface area contributed by atoms with E-state index >= 15 is 0 Å². The van der Waals surface area contributed by atoms with Crippen molar-refractivity contribution in [3.8, 4) is 0 Å². The van der Waals surface area contributed by atoms with Gasteiger partial charge in [-0.3, -0.25) is 9.78 Å². The smallest absolute Gasteiger partial charge is 0.407 e. The van der Waals surface area contributed by atoms with E-state index in [1.54, 1.807) is 13.1 Å². The van der Waals surface area contributed by atoms with E-state index in [9.17, 15) is 14.0 Å². The van der Waals surface area contributed by atoms with Gasteiger partial charge in [-0.1, -0.05) is 18.7 Å². The van der Waals surface area contributed by atoms with Gasteiger partial charge in [0.05, 0.1) is 24.0 Å². The molecule has 3 aliphatic rings. The number of fused-ring (bicyclic) bond motifs is 2. The summed E-state index contributed by atoms with van der Waals surface area (Å²) >= 11 is 0. The van der Waals surface area contributed by atoms with Crippen LogP contribution in [-0.2, 0) is 14.3 Å². The van der Waals surface area contributed by atoms with Crippen molar-refractivity contribution in [2.45, 2.75) is 58.6 Å². The summed E-state index contributed by atoms with van der Waals surface area (Å²) in [4.78, 5) is 29.1. The second-order valence-electron chi connectivity index (χ2n) is 10.0. The van der Waals surface area contributed by atoms with Crippen LogP contribution in [-0.4, -0.2) is 35.8 Å². The first-order valence-corrected chi connectivity index (χ1v) is 12.6. The highest BCUT2D eigenvalue weighted by atomic mass is 19.1. The van der Waals surface area contributed by atoms with Crippen LogP contribution in [0.4, 0.5) is 9.18 Å².